The molecule has 5 heteroatoms. The van der Waals surface area contributed by atoms with Crippen molar-refractivity contribution in [2.45, 2.75) is 25.9 Å². The molecule has 0 bridgehead atoms. The average Bonchev–Trinajstić information content (AvgIpc) is 2.90. The molecule has 1 fully saturated rings. The second kappa shape index (κ2) is 6.35. The van der Waals surface area contributed by atoms with Gasteiger partial charge in [-0.15, -0.1) is 0 Å². The zero-order valence-corrected chi connectivity index (χ0v) is 10.6. The Morgan fingerprint density at radius 1 is 1.61 bits per heavy atom. The lowest BCUT2D eigenvalue weighted by molar-refractivity contribution is 0.177. The van der Waals surface area contributed by atoms with Gasteiger partial charge < -0.3 is 15.0 Å². The minimum Gasteiger partial charge on any atom is -0.379 e. The zero-order valence-electron chi connectivity index (χ0n) is 10.6. The Kier molecular flexibility index (Phi) is 4.52. The van der Waals surface area contributed by atoms with Crippen LogP contribution in [-0.2, 0) is 11.3 Å². The molecule has 2 rings (SSSR count). The Balaban J connectivity index is 1.89. The molecule has 1 atom stereocenters. The minimum atomic E-state index is -0.0429. The first kappa shape index (κ1) is 12.8. The van der Waals surface area contributed by atoms with Gasteiger partial charge >= 0.3 is 6.03 Å². The molecule has 98 valence electrons. The molecule has 5 nitrogen and oxygen atoms in total. The number of pyridine rings is 1. The molecular formula is C13H19N3O2. The van der Waals surface area contributed by atoms with Gasteiger partial charge in [-0.05, 0) is 25.5 Å². The fraction of sp³-hybridized carbons (Fsp3) is 0.538. The number of nitrogens with zero attached hydrogens (tertiary/aromatic N) is 2. The van der Waals surface area contributed by atoms with Crippen molar-refractivity contribution < 1.29 is 9.53 Å². The number of urea groups is 1. The summed E-state index contributed by atoms with van der Waals surface area (Å²) in [6.07, 6.45) is 2.64. The molecule has 2 amide bonds. The van der Waals surface area contributed by atoms with Gasteiger partial charge in [0.1, 0.15) is 0 Å². The van der Waals surface area contributed by atoms with Crippen LogP contribution in [0, 0.1) is 0 Å². The van der Waals surface area contributed by atoms with Crippen molar-refractivity contribution in [3.8, 4) is 0 Å². The first-order valence-corrected chi connectivity index (χ1v) is 6.32. The van der Waals surface area contributed by atoms with Crippen LogP contribution in [0.1, 0.15) is 19.0 Å². The van der Waals surface area contributed by atoms with Gasteiger partial charge in [-0.25, -0.2) is 4.79 Å². The van der Waals surface area contributed by atoms with E-state index < -0.39 is 0 Å². The van der Waals surface area contributed by atoms with Gasteiger partial charge in [-0.1, -0.05) is 6.07 Å². The third-order valence-electron chi connectivity index (χ3n) is 3.01. The molecule has 0 radical (unpaired) electrons. The van der Waals surface area contributed by atoms with Gasteiger partial charge in [0, 0.05) is 19.3 Å². The quantitative estimate of drug-likeness (QED) is 0.877. The molecule has 2 heterocycles. The van der Waals surface area contributed by atoms with Crippen LogP contribution in [0.15, 0.2) is 24.4 Å². The van der Waals surface area contributed by atoms with Crippen molar-refractivity contribution in [1.29, 1.82) is 0 Å². The van der Waals surface area contributed by atoms with Crippen LogP contribution in [0.3, 0.4) is 0 Å². The van der Waals surface area contributed by atoms with E-state index in [2.05, 4.69) is 10.3 Å². The van der Waals surface area contributed by atoms with E-state index in [0.717, 1.165) is 18.7 Å². The fourth-order valence-corrected chi connectivity index (χ4v) is 1.93. The summed E-state index contributed by atoms with van der Waals surface area (Å²) in [5, 5.41) is 2.98. The molecule has 0 spiro atoms. The van der Waals surface area contributed by atoms with Crippen LogP contribution in [-0.4, -0.2) is 41.7 Å². The number of hydrogen-bond donors (Lipinski definition) is 1. The second-order valence-corrected chi connectivity index (χ2v) is 4.35. The van der Waals surface area contributed by atoms with Crippen LogP contribution in [0.2, 0.25) is 0 Å². The van der Waals surface area contributed by atoms with Gasteiger partial charge in [-0.2, -0.15) is 0 Å². The first-order valence-electron chi connectivity index (χ1n) is 6.32. The maximum atomic E-state index is 12.1. The largest absolute Gasteiger partial charge is 0.379 e. The molecule has 1 N–H and O–H groups in total. The highest BCUT2D eigenvalue weighted by Gasteiger charge is 2.20. The van der Waals surface area contributed by atoms with E-state index in [1.165, 1.54) is 0 Å². The SMILES string of the molecule is CCN(Cc1ccccn1)C(=O)NC1CCOC1. The summed E-state index contributed by atoms with van der Waals surface area (Å²) in [6, 6.07) is 5.83. The van der Waals surface area contributed by atoms with Gasteiger partial charge in [0.05, 0.1) is 24.9 Å². The lowest BCUT2D eigenvalue weighted by atomic mass is 10.2. The van der Waals surface area contributed by atoms with Crippen molar-refractivity contribution in [3.63, 3.8) is 0 Å². The number of amides is 2. The summed E-state index contributed by atoms with van der Waals surface area (Å²) in [7, 11) is 0. The number of ether oxygens (including phenoxy) is 1. The predicted molar refractivity (Wildman–Crippen MR) is 68.1 cm³/mol. The third-order valence-corrected chi connectivity index (χ3v) is 3.01. The highest BCUT2D eigenvalue weighted by molar-refractivity contribution is 5.74. The summed E-state index contributed by atoms with van der Waals surface area (Å²) in [4.78, 5) is 18.1. The smallest absolute Gasteiger partial charge is 0.318 e. The Morgan fingerprint density at radius 3 is 3.11 bits per heavy atom. The van der Waals surface area contributed by atoms with Crippen molar-refractivity contribution in [2.75, 3.05) is 19.8 Å². The standard InChI is InChI=1S/C13H19N3O2/c1-2-16(9-11-5-3-4-7-14-11)13(17)15-12-6-8-18-10-12/h3-5,7,12H,2,6,8-10H2,1H3,(H,15,17). The van der Waals surface area contributed by atoms with E-state index >= 15 is 0 Å². The molecular weight excluding hydrogens is 230 g/mol. The average molecular weight is 249 g/mol. The van der Waals surface area contributed by atoms with Crippen LogP contribution >= 0.6 is 0 Å². The second-order valence-electron chi connectivity index (χ2n) is 4.35. The maximum absolute atomic E-state index is 12.1. The molecule has 1 aromatic heterocycles. The summed E-state index contributed by atoms with van der Waals surface area (Å²) in [5.41, 5.74) is 0.900. The summed E-state index contributed by atoms with van der Waals surface area (Å²) < 4.78 is 5.24. The van der Waals surface area contributed by atoms with Crippen LogP contribution < -0.4 is 5.32 Å². The summed E-state index contributed by atoms with van der Waals surface area (Å²) in [6.45, 7) is 4.52. The fourth-order valence-electron chi connectivity index (χ4n) is 1.93. The van der Waals surface area contributed by atoms with E-state index in [4.69, 9.17) is 4.74 Å². The summed E-state index contributed by atoms with van der Waals surface area (Å²) >= 11 is 0. The molecule has 0 saturated carbocycles. The minimum absolute atomic E-state index is 0.0429. The number of carbonyl (C=O) groups excluding carboxylic acids is 1. The lowest BCUT2D eigenvalue weighted by Gasteiger charge is -2.23. The normalized spacial score (nSPS) is 18.6. The molecule has 1 aromatic rings. The van der Waals surface area contributed by atoms with Gasteiger partial charge in [-0.3, -0.25) is 4.98 Å². The molecule has 0 aliphatic carbocycles. The zero-order chi connectivity index (χ0) is 12.8. The Bertz CT molecular complexity index is 377. The van der Waals surface area contributed by atoms with E-state index in [9.17, 15) is 4.79 Å². The molecule has 1 saturated heterocycles. The van der Waals surface area contributed by atoms with E-state index in [1.807, 2.05) is 25.1 Å². The maximum Gasteiger partial charge on any atom is 0.318 e. The topological polar surface area (TPSA) is 54.5 Å². The van der Waals surface area contributed by atoms with Crippen molar-refractivity contribution in [1.82, 2.24) is 15.2 Å². The Hall–Kier alpha value is -1.62. The highest BCUT2D eigenvalue weighted by Crippen LogP contribution is 2.06. The molecule has 18 heavy (non-hydrogen) atoms. The van der Waals surface area contributed by atoms with Crippen molar-refractivity contribution in [2.24, 2.45) is 0 Å². The van der Waals surface area contributed by atoms with Gasteiger partial charge in [0.25, 0.3) is 0 Å². The van der Waals surface area contributed by atoms with Crippen LogP contribution in [0.5, 0.6) is 0 Å². The van der Waals surface area contributed by atoms with Gasteiger partial charge in [0.2, 0.25) is 0 Å². The molecule has 0 aromatic carbocycles. The van der Waals surface area contributed by atoms with Crippen molar-refractivity contribution in [3.05, 3.63) is 30.1 Å². The Morgan fingerprint density at radius 2 is 2.50 bits per heavy atom. The molecule has 1 aliphatic heterocycles. The van der Waals surface area contributed by atoms with E-state index in [1.54, 1.807) is 11.1 Å². The number of nitrogens with one attached hydrogen (secondary N) is 1. The van der Waals surface area contributed by atoms with Crippen LogP contribution in [0.25, 0.3) is 0 Å². The molecule has 1 unspecified atom stereocenters. The predicted octanol–water partition coefficient (Wildman–Crippen LogP) is 1.40. The van der Waals surface area contributed by atoms with Crippen LogP contribution in [0.4, 0.5) is 4.79 Å². The number of aromatic nitrogens is 1. The highest BCUT2D eigenvalue weighted by atomic mass is 16.5. The molecule has 1 aliphatic rings. The number of rotatable bonds is 4. The lowest BCUT2D eigenvalue weighted by Crippen LogP contribution is -2.44. The van der Waals surface area contributed by atoms with E-state index in [-0.39, 0.29) is 12.1 Å². The number of hydrogen-bond acceptors (Lipinski definition) is 3. The third kappa shape index (κ3) is 3.43. The Labute approximate surface area is 107 Å². The van der Waals surface area contributed by atoms with Gasteiger partial charge in [0.15, 0.2) is 0 Å². The van der Waals surface area contributed by atoms with E-state index in [0.29, 0.717) is 19.7 Å². The van der Waals surface area contributed by atoms with Crippen molar-refractivity contribution >= 4 is 6.03 Å². The monoisotopic (exact) mass is 249 g/mol. The first-order chi connectivity index (χ1) is 8.79. The summed E-state index contributed by atoms with van der Waals surface area (Å²) in [5.74, 6) is 0. The number of carbonyl (C=O) groups is 1.